The standard InChI is InChI=1S/C6H5ClOS/c7-5-2-1-3-6(4-5)9-8/h1-4,8H. The van der Waals surface area contributed by atoms with Crippen LogP contribution in [0.5, 0.6) is 0 Å². The highest BCUT2D eigenvalue weighted by atomic mass is 35.5. The van der Waals surface area contributed by atoms with Gasteiger partial charge in [0.05, 0.1) is 0 Å². The topological polar surface area (TPSA) is 20.2 Å². The molecule has 0 aromatic heterocycles. The van der Waals surface area contributed by atoms with Crippen LogP contribution in [0.15, 0.2) is 29.2 Å². The highest BCUT2D eigenvalue weighted by Gasteiger charge is 1.89. The van der Waals surface area contributed by atoms with E-state index in [9.17, 15) is 0 Å². The van der Waals surface area contributed by atoms with E-state index in [1.807, 2.05) is 0 Å². The summed E-state index contributed by atoms with van der Waals surface area (Å²) in [6, 6.07) is 7.05. The lowest BCUT2D eigenvalue weighted by Crippen LogP contribution is -1.67. The van der Waals surface area contributed by atoms with Gasteiger partial charge in [-0.25, -0.2) is 0 Å². The summed E-state index contributed by atoms with van der Waals surface area (Å²) in [4.78, 5) is 0.766. The molecule has 0 saturated carbocycles. The molecule has 0 spiro atoms. The Morgan fingerprint density at radius 3 is 2.67 bits per heavy atom. The lowest BCUT2D eigenvalue weighted by molar-refractivity contribution is 0.664. The first-order valence-corrected chi connectivity index (χ1v) is 3.55. The molecule has 1 aromatic rings. The Kier molecular flexibility index (Phi) is 2.39. The van der Waals surface area contributed by atoms with Crippen molar-refractivity contribution in [1.82, 2.24) is 0 Å². The van der Waals surface area contributed by atoms with E-state index in [0.717, 1.165) is 4.90 Å². The second-order valence-corrected chi connectivity index (χ2v) is 2.64. The van der Waals surface area contributed by atoms with E-state index in [1.165, 1.54) is 0 Å². The van der Waals surface area contributed by atoms with Gasteiger partial charge in [0, 0.05) is 22.0 Å². The average Bonchev–Trinajstić information content (AvgIpc) is 1.88. The van der Waals surface area contributed by atoms with Crippen LogP contribution in [0.4, 0.5) is 0 Å². The molecule has 0 heterocycles. The molecule has 1 aromatic carbocycles. The Balaban J connectivity index is 2.94. The maximum absolute atomic E-state index is 8.52. The monoisotopic (exact) mass is 160 g/mol. The van der Waals surface area contributed by atoms with Crippen molar-refractivity contribution in [2.75, 3.05) is 0 Å². The number of rotatable bonds is 1. The van der Waals surface area contributed by atoms with Crippen LogP contribution < -0.4 is 0 Å². The Labute approximate surface area is 62.9 Å². The highest BCUT2D eigenvalue weighted by molar-refractivity contribution is 7.93. The first kappa shape index (κ1) is 6.93. The minimum atomic E-state index is 0.647. The molecule has 1 rings (SSSR count). The first-order valence-electron chi connectivity index (χ1n) is 2.40. The van der Waals surface area contributed by atoms with Crippen LogP contribution in [-0.4, -0.2) is 4.55 Å². The van der Waals surface area contributed by atoms with E-state index in [1.54, 1.807) is 24.3 Å². The smallest absolute Gasteiger partial charge is 0.0417 e. The molecular formula is C6H5ClOS. The molecular weight excluding hydrogens is 156 g/mol. The lowest BCUT2D eigenvalue weighted by Gasteiger charge is -1.91. The molecule has 0 aliphatic rings. The summed E-state index contributed by atoms with van der Waals surface area (Å²) < 4.78 is 8.52. The molecule has 0 bridgehead atoms. The summed E-state index contributed by atoms with van der Waals surface area (Å²) in [6.07, 6.45) is 0. The second kappa shape index (κ2) is 3.11. The van der Waals surface area contributed by atoms with Crippen molar-refractivity contribution in [3.8, 4) is 0 Å². The Hall–Kier alpha value is -0.180. The van der Waals surface area contributed by atoms with Crippen LogP contribution >= 0.6 is 23.6 Å². The summed E-state index contributed by atoms with van der Waals surface area (Å²) >= 11 is 6.30. The van der Waals surface area contributed by atoms with Gasteiger partial charge in [0.2, 0.25) is 0 Å². The van der Waals surface area contributed by atoms with Gasteiger partial charge in [-0.05, 0) is 18.2 Å². The maximum atomic E-state index is 8.52. The summed E-state index contributed by atoms with van der Waals surface area (Å²) in [5.74, 6) is 0. The van der Waals surface area contributed by atoms with Gasteiger partial charge >= 0.3 is 0 Å². The SMILES string of the molecule is OSc1cccc(Cl)c1. The van der Waals surface area contributed by atoms with Crippen molar-refractivity contribution in [3.63, 3.8) is 0 Å². The maximum Gasteiger partial charge on any atom is 0.0417 e. The fourth-order valence-electron chi connectivity index (χ4n) is 0.524. The normalized spacial score (nSPS) is 9.56. The number of hydrogen-bond donors (Lipinski definition) is 1. The van der Waals surface area contributed by atoms with Gasteiger partial charge in [0.1, 0.15) is 0 Å². The molecule has 1 N–H and O–H groups in total. The highest BCUT2D eigenvalue weighted by Crippen LogP contribution is 2.17. The van der Waals surface area contributed by atoms with E-state index < -0.39 is 0 Å². The van der Waals surface area contributed by atoms with Gasteiger partial charge < -0.3 is 4.55 Å². The summed E-state index contributed by atoms with van der Waals surface area (Å²) in [5, 5.41) is 0.647. The van der Waals surface area contributed by atoms with Gasteiger partial charge in [0.15, 0.2) is 0 Å². The molecule has 0 saturated heterocycles. The summed E-state index contributed by atoms with van der Waals surface area (Å²) in [7, 11) is 0. The van der Waals surface area contributed by atoms with Crippen LogP contribution in [0.1, 0.15) is 0 Å². The second-order valence-electron chi connectivity index (χ2n) is 1.55. The molecule has 1 nitrogen and oxygen atoms in total. The lowest BCUT2D eigenvalue weighted by atomic mass is 10.4. The molecule has 0 aliphatic heterocycles. The minimum Gasteiger partial charge on any atom is -0.325 e. The van der Waals surface area contributed by atoms with Crippen LogP contribution in [0.2, 0.25) is 5.02 Å². The van der Waals surface area contributed by atoms with Crippen LogP contribution in [0.3, 0.4) is 0 Å². The quantitative estimate of drug-likeness (QED) is 0.638. The molecule has 0 aliphatic carbocycles. The van der Waals surface area contributed by atoms with Crippen molar-refractivity contribution in [2.45, 2.75) is 4.90 Å². The zero-order valence-corrected chi connectivity index (χ0v) is 6.12. The predicted molar refractivity (Wildman–Crippen MR) is 39.9 cm³/mol. The first-order chi connectivity index (χ1) is 4.33. The van der Waals surface area contributed by atoms with E-state index in [2.05, 4.69) is 0 Å². The fourth-order valence-corrected chi connectivity index (χ4v) is 1.10. The third kappa shape index (κ3) is 1.90. The molecule has 0 fully saturated rings. The van der Waals surface area contributed by atoms with Gasteiger partial charge in [-0.1, -0.05) is 17.7 Å². The third-order valence-corrected chi connectivity index (χ3v) is 1.60. The summed E-state index contributed by atoms with van der Waals surface area (Å²) in [5.41, 5.74) is 0. The van der Waals surface area contributed by atoms with Crippen LogP contribution in [0, 0.1) is 0 Å². The van der Waals surface area contributed by atoms with Gasteiger partial charge in [-0.3, -0.25) is 0 Å². The van der Waals surface area contributed by atoms with Crippen molar-refractivity contribution < 1.29 is 4.55 Å². The van der Waals surface area contributed by atoms with Crippen molar-refractivity contribution in [1.29, 1.82) is 0 Å². The molecule has 0 atom stereocenters. The van der Waals surface area contributed by atoms with E-state index >= 15 is 0 Å². The molecule has 0 unspecified atom stereocenters. The minimum absolute atomic E-state index is 0.647. The van der Waals surface area contributed by atoms with Gasteiger partial charge in [0.25, 0.3) is 0 Å². The Bertz CT molecular complexity index is 202. The number of halogens is 1. The zero-order chi connectivity index (χ0) is 6.69. The molecule has 48 valence electrons. The van der Waals surface area contributed by atoms with E-state index in [0.29, 0.717) is 17.1 Å². The largest absolute Gasteiger partial charge is 0.325 e. The number of benzene rings is 1. The number of hydrogen-bond acceptors (Lipinski definition) is 2. The van der Waals surface area contributed by atoms with E-state index in [4.69, 9.17) is 16.2 Å². The molecule has 0 amide bonds. The fraction of sp³-hybridized carbons (Fsp3) is 0. The third-order valence-electron chi connectivity index (χ3n) is 0.901. The Morgan fingerprint density at radius 1 is 1.44 bits per heavy atom. The van der Waals surface area contributed by atoms with Crippen molar-refractivity contribution in [2.24, 2.45) is 0 Å². The van der Waals surface area contributed by atoms with Crippen molar-refractivity contribution in [3.05, 3.63) is 29.3 Å². The van der Waals surface area contributed by atoms with Gasteiger partial charge in [-0.15, -0.1) is 0 Å². The van der Waals surface area contributed by atoms with Gasteiger partial charge in [-0.2, -0.15) is 0 Å². The average molecular weight is 161 g/mol. The molecule has 9 heavy (non-hydrogen) atoms. The molecule has 3 heteroatoms. The van der Waals surface area contributed by atoms with E-state index in [-0.39, 0.29) is 0 Å². The zero-order valence-electron chi connectivity index (χ0n) is 4.54. The summed E-state index contributed by atoms with van der Waals surface area (Å²) in [6.45, 7) is 0. The molecule has 0 radical (unpaired) electrons. The van der Waals surface area contributed by atoms with Crippen LogP contribution in [0.25, 0.3) is 0 Å². The van der Waals surface area contributed by atoms with Crippen molar-refractivity contribution >= 4 is 23.6 Å². The Morgan fingerprint density at radius 2 is 2.22 bits per heavy atom. The van der Waals surface area contributed by atoms with Crippen LogP contribution in [-0.2, 0) is 0 Å². The predicted octanol–water partition coefficient (Wildman–Crippen LogP) is 2.91.